The average molecular weight is 336 g/mol. The van der Waals surface area contributed by atoms with Gasteiger partial charge in [0.1, 0.15) is 0 Å². The number of amides is 2. The molecule has 0 unspecified atom stereocenters. The molecule has 0 aliphatic carbocycles. The van der Waals surface area contributed by atoms with Crippen LogP contribution in [-0.2, 0) is 16.4 Å². The average Bonchev–Trinajstić information content (AvgIpc) is 2.87. The Kier molecular flexibility index (Phi) is 6.52. The molecule has 2 amide bonds. The van der Waals surface area contributed by atoms with Crippen molar-refractivity contribution in [2.75, 3.05) is 25.9 Å². The van der Waals surface area contributed by atoms with E-state index < -0.39 is 22.0 Å². The van der Waals surface area contributed by atoms with E-state index in [4.69, 9.17) is 5.11 Å². The topological polar surface area (TPSA) is 137 Å². The lowest BCUT2D eigenvalue weighted by molar-refractivity contribution is 0.0691. The molecule has 0 aromatic carbocycles. The molecule has 118 valence electrons. The van der Waals surface area contributed by atoms with Gasteiger partial charge in [0.2, 0.25) is 10.0 Å². The highest BCUT2D eigenvalue weighted by Gasteiger charge is 2.09. The number of hydrogen-bond donors (Lipinski definition) is 4. The number of urea groups is 1. The molecule has 1 rings (SSSR count). The fourth-order valence-electron chi connectivity index (χ4n) is 1.27. The Morgan fingerprint density at radius 3 is 2.57 bits per heavy atom. The van der Waals surface area contributed by atoms with Crippen molar-refractivity contribution in [2.45, 2.75) is 6.42 Å². The largest absolute Gasteiger partial charge is 0.476 e. The van der Waals surface area contributed by atoms with Crippen LogP contribution in [-0.4, -0.2) is 56.4 Å². The third-order valence-electron chi connectivity index (χ3n) is 2.36. The molecule has 0 fully saturated rings. The summed E-state index contributed by atoms with van der Waals surface area (Å²) < 4.78 is 24.3. The number of sulfonamides is 1. The zero-order chi connectivity index (χ0) is 15.9. The maximum Gasteiger partial charge on any atom is 0.355 e. The Morgan fingerprint density at radius 2 is 2.00 bits per heavy atom. The summed E-state index contributed by atoms with van der Waals surface area (Å²) in [5, 5.41) is 15.7. The van der Waals surface area contributed by atoms with Gasteiger partial charge in [-0.1, -0.05) is 0 Å². The van der Waals surface area contributed by atoms with E-state index in [1.165, 1.54) is 23.8 Å². The van der Waals surface area contributed by atoms with Crippen molar-refractivity contribution >= 4 is 33.4 Å². The predicted molar refractivity (Wildman–Crippen MR) is 77.0 cm³/mol. The van der Waals surface area contributed by atoms with E-state index in [1.807, 2.05) is 0 Å². The molecule has 0 bridgehead atoms. The summed E-state index contributed by atoms with van der Waals surface area (Å²) in [6.45, 7) is 0.270. The fraction of sp³-hybridized carbons (Fsp3) is 0.500. The zero-order valence-electron chi connectivity index (χ0n) is 11.2. The lowest BCUT2D eigenvalue weighted by Gasteiger charge is -2.06. The predicted octanol–water partition coefficient (Wildman–Crippen LogP) is -0.768. The number of thiazole rings is 1. The van der Waals surface area contributed by atoms with Crippen LogP contribution in [0.15, 0.2) is 5.38 Å². The summed E-state index contributed by atoms with van der Waals surface area (Å²) in [4.78, 5) is 25.9. The second kappa shape index (κ2) is 7.90. The molecule has 9 nitrogen and oxygen atoms in total. The maximum atomic E-state index is 11.4. The third kappa shape index (κ3) is 6.51. The second-order valence-electron chi connectivity index (χ2n) is 3.89. The number of nitrogens with zero attached hydrogens (tertiary/aromatic N) is 1. The summed E-state index contributed by atoms with van der Waals surface area (Å²) >= 11 is 1.20. The second-order valence-corrected chi connectivity index (χ2v) is 6.88. The van der Waals surface area contributed by atoms with Crippen molar-refractivity contribution in [3.8, 4) is 0 Å². The highest BCUT2D eigenvalue weighted by molar-refractivity contribution is 7.89. The SMILES string of the molecule is CNS(=O)(=O)CCNC(=O)NCCc1nc(C(=O)O)cs1. The van der Waals surface area contributed by atoms with Crippen LogP contribution in [0.5, 0.6) is 0 Å². The molecular formula is C10H16N4O5S2. The van der Waals surface area contributed by atoms with Crippen LogP contribution < -0.4 is 15.4 Å². The summed E-state index contributed by atoms with van der Waals surface area (Å²) in [6.07, 6.45) is 0.403. The van der Waals surface area contributed by atoms with Crippen molar-refractivity contribution in [3.05, 3.63) is 16.1 Å². The highest BCUT2D eigenvalue weighted by Crippen LogP contribution is 2.09. The molecule has 11 heteroatoms. The number of nitrogens with one attached hydrogen (secondary N) is 3. The van der Waals surface area contributed by atoms with Crippen LogP contribution in [0.4, 0.5) is 4.79 Å². The van der Waals surface area contributed by atoms with E-state index in [-0.39, 0.29) is 24.5 Å². The minimum atomic E-state index is -3.34. The minimum absolute atomic E-state index is 0.00454. The van der Waals surface area contributed by atoms with Gasteiger partial charge in [0, 0.05) is 24.9 Å². The molecule has 0 radical (unpaired) electrons. The van der Waals surface area contributed by atoms with Gasteiger partial charge in [-0.2, -0.15) is 0 Å². The van der Waals surface area contributed by atoms with E-state index in [1.54, 1.807) is 0 Å². The molecule has 4 N–H and O–H groups in total. The van der Waals surface area contributed by atoms with Gasteiger partial charge >= 0.3 is 12.0 Å². The number of carbonyl (C=O) groups excluding carboxylic acids is 1. The van der Waals surface area contributed by atoms with Gasteiger partial charge in [-0.15, -0.1) is 11.3 Å². The first-order valence-electron chi connectivity index (χ1n) is 5.94. The summed E-state index contributed by atoms with van der Waals surface area (Å²) in [7, 11) is -2.04. The minimum Gasteiger partial charge on any atom is -0.476 e. The Hall–Kier alpha value is -1.72. The summed E-state index contributed by atoms with van der Waals surface area (Å²) in [5.41, 5.74) is -0.0169. The molecule has 1 aromatic rings. The third-order valence-corrected chi connectivity index (χ3v) is 4.63. The summed E-state index contributed by atoms with van der Waals surface area (Å²) in [5.74, 6) is -1.29. The van der Waals surface area contributed by atoms with E-state index in [0.29, 0.717) is 11.4 Å². The Morgan fingerprint density at radius 1 is 1.33 bits per heavy atom. The van der Waals surface area contributed by atoms with Gasteiger partial charge in [-0.25, -0.2) is 27.7 Å². The first-order valence-corrected chi connectivity index (χ1v) is 8.48. The van der Waals surface area contributed by atoms with Crippen LogP contribution >= 0.6 is 11.3 Å². The Balaban J connectivity index is 2.22. The molecule has 0 aliphatic rings. The Bertz CT molecular complexity index is 598. The highest BCUT2D eigenvalue weighted by atomic mass is 32.2. The van der Waals surface area contributed by atoms with E-state index in [0.717, 1.165) is 0 Å². The molecular weight excluding hydrogens is 320 g/mol. The van der Waals surface area contributed by atoms with E-state index >= 15 is 0 Å². The number of carboxylic acids is 1. The van der Waals surface area contributed by atoms with Gasteiger partial charge < -0.3 is 15.7 Å². The van der Waals surface area contributed by atoms with Crippen molar-refractivity contribution in [1.82, 2.24) is 20.3 Å². The molecule has 0 spiro atoms. The molecule has 0 saturated carbocycles. The van der Waals surface area contributed by atoms with Crippen LogP contribution in [0.3, 0.4) is 0 Å². The van der Waals surface area contributed by atoms with Gasteiger partial charge in [-0.3, -0.25) is 0 Å². The zero-order valence-corrected chi connectivity index (χ0v) is 12.9. The lowest BCUT2D eigenvalue weighted by atomic mass is 10.4. The first kappa shape index (κ1) is 17.3. The smallest absolute Gasteiger partial charge is 0.355 e. The first-order chi connectivity index (χ1) is 9.84. The van der Waals surface area contributed by atoms with Crippen LogP contribution in [0, 0.1) is 0 Å². The normalized spacial score (nSPS) is 11.1. The number of aromatic nitrogens is 1. The standard InChI is InChI=1S/C10H16N4O5S2/c1-11-21(18,19)5-4-13-10(17)12-3-2-8-14-7(6-20-8)9(15)16/h6,11H,2-5H2,1H3,(H,15,16)(H2,12,13,17). The molecule has 0 aliphatic heterocycles. The van der Waals surface area contributed by atoms with Crippen LogP contribution in [0.2, 0.25) is 0 Å². The fourth-order valence-corrected chi connectivity index (χ4v) is 2.62. The lowest BCUT2D eigenvalue weighted by Crippen LogP contribution is -2.40. The van der Waals surface area contributed by atoms with E-state index in [9.17, 15) is 18.0 Å². The van der Waals surface area contributed by atoms with E-state index in [2.05, 4.69) is 20.3 Å². The van der Waals surface area contributed by atoms with Crippen LogP contribution in [0.25, 0.3) is 0 Å². The monoisotopic (exact) mass is 336 g/mol. The maximum absolute atomic E-state index is 11.4. The number of carboxylic acid groups (broad SMARTS) is 1. The number of aromatic carboxylic acids is 1. The summed E-state index contributed by atoms with van der Waals surface area (Å²) in [6, 6.07) is -0.490. The molecule has 21 heavy (non-hydrogen) atoms. The molecule has 1 heterocycles. The number of hydrogen-bond acceptors (Lipinski definition) is 6. The van der Waals surface area contributed by atoms with Crippen molar-refractivity contribution in [1.29, 1.82) is 0 Å². The molecule has 0 atom stereocenters. The number of rotatable bonds is 8. The number of carbonyl (C=O) groups is 2. The van der Waals surface area contributed by atoms with Crippen LogP contribution in [0.1, 0.15) is 15.5 Å². The van der Waals surface area contributed by atoms with Gasteiger partial charge in [0.25, 0.3) is 0 Å². The molecule has 1 aromatic heterocycles. The van der Waals surface area contributed by atoms with Gasteiger partial charge in [0.05, 0.1) is 10.8 Å². The van der Waals surface area contributed by atoms with Crippen molar-refractivity contribution in [2.24, 2.45) is 0 Å². The van der Waals surface area contributed by atoms with Gasteiger partial charge in [-0.05, 0) is 7.05 Å². The molecule has 0 saturated heterocycles. The van der Waals surface area contributed by atoms with Crippen molar-refractivity contribution in [3.63, 3.8) is 0 Å². The quantitative estimate of drug-likeness (QED) is 0.492. The van der Waals surface area contributed by atoms with Crippen molar-refractivity contribution < 1.29 is 23.1 Å². The van der Waals surface area contributed by atoms with Gasteiger partial charge in [0.15, 0.2) is 5.69 Å². The Labute approximate surface area is 125 Å².